The first-order valence-electron chi connectivity index (χ1n) is 3.73. The summed E-state index contributed by atoms with van der Waals surface area (Å²) in [6, 6.07) is 5.57. The van der Waals surface area contributed by atoms with E-state index in [-0.39, 0.29) is 0 Å². The molecule has 2 nitrogen and oxygen atoms in total. The molecule has 13 heavy (non-hydrogen) atoms. The highest BCUT2D eigenvalue weighted by atomic mass is 79.9. The first kappa shape index (κ1) is 9.99. The lowest BCUT2D eigenvalue weighted by Crippen LogP contribution is -1.83. The normalized spacial score (nSPS) is 10.3. The van der Waals surface area contributed by atoms with Crippen molar-refractivity contribution in [2.45, 2.75) is 0 Å². The molecule has 0 saturated carbocycles. The maximum absolute atomic E-state index is 10.1. The van der Waals surface area contributed by atoms with Crippen LogP contribution in [0.2, 0.25) is 0 Å². The van der Waals surface area contributed by atoms with Gasteiger partial charge in [0.1, 0.15) is 12.0 Å². The number of hydrogen-bond acceptors (Lipinski definition) is 2. The summed E-state index contributed by atoms with van der Waals surface area (Å²) in [5, 5.41) is 0. The SMILES string of the molecule is COc1ccc(/C=C/C=O)c(Br)c1. The van der Waals surface area contributed by atoms with Crippen molar-refractivity contribution in [3.63, 3.8) is 0 Å². The summed E-state index contributed by atoms with van der Waals surface area (Å²) in [5.41, 5.74) is 0.952. The number of methoxy groups -OCH3 is 1. The molecular weight excluding hydrogens is 232 g/mol. The molecule has 68 valence electrons. The molecule has 1 rings (SSSR count). The van der Waals surface area contributed by atoms with E-state index in [1.165, 1.54) is 6.08 Å². The highest BCUT2D eigenvalue weighted by Crippen LogP contribution is 2.23. The molecule has 0 aliphatic heterocycles. The molecule has 0 radical (unpaired) electrons. The number of allylic oxidation sites excluding steroid dienone is 1. The molecule has 0 atom stereocenters. The Morgan fingerprint density at radius 1 is 1.46 bits per heavy atom. The van der Waals surface area contributed by atoms with Crippen LogP contribution in [-0.4, -0.2) is 13.4 Å². The van der Waals surface area contributed by atoms with E-state index in [2.05, 4.69) is 15.9 Å². The maximum atomic E-state index is 10.1. The zero-order valence-electron chi connectivity index (χ0n) is 7.16. The van der Waals surface area contributed by atoms with Crippen LogP contribution in [0.3, 0.4) is 0 Å². The molecule has 0 bridgehead atoms. The number of aldehydes is 1. The van der Waals surface area contributed by atoms with Crippen LogP contribution in [0.5, 0.6) is 5.75 Å². The number of halogens is 1. The molecule has 1 aromatic rings. The van der Waals surface area contributed by atoms with E-state index in [1.54, 1.807) is 13.2 Å². The predicted octanol–water partition coefficient (Wildman–Crippen LogP) is 2.67. The molecule has 3 heteroatoms. The predicted molar refractivity (Wildman–Crippen MR) is 55.8 cm³/mol. The van der Waals surface area contributed by atoms with Gasteiger partial charge in [-0.25, -0.2) is 0 Å². The van der Waals surface area contributed by atoms with Gasteiger partial charge in [-0.2, -0.15) is 0 Å². The summed E-state index contributed by atoms with van der Waals surface area (Å²) in [4.78, 5) is 10.1. The van der Waals surface area contributed by atoms with Crippen molar-refractivity contribution in [2.24, 2.45) is 0 Å². The van der Waals surface area contributed by atoms with Gasteiger partial charge in [0.2, 0.25) is 0 Å². The third-order valence-corrected chi connectivity index (χ3v) is 2.25. The largest absolute Gasteiger partial charge is 0.497 e. The van der Waals surface area contributed by atoms with Crippen molar-refractivity contribution < 1.29 is 9.53 Å². The van der Waals surface area contributed by atoms with E-state index in [1.807, 2.05) is 18.2 Å². The van der Waals surface area contributed by atoms with Gasteiger partial charge in [0.25, 0.3) is 0 Å². The lowest BCUT2D eigenvalue weighted by Gasteiger charge is -2.02. The van der Waals surface area contributed by atoms with Gasteiger partial charge in [0.05, 0.1) is 7.11 Å². The Hall–Kier alpha value is -1.09. The minimum atomic E-state index is 0.747. The molecule has 0 aromatic heterocycles. The summed E-state index contributed by atoms with van der Waals surface area (Å²) < 4.78 is 5.94. The molecule has 0 aliphatic carbocycles. The quantitative estimate of drug-likeness (QED) is 0.600. The summed E-state index contributed by atoms with van der Waals surface area (Å²) in [7, 11) is 1.61. The molecule has 0 heterocycles. The zero-order valence-corrected chi connectivity index (χ0v) is 8.74. The van der Waals surface area contributed by atoms with E-state index in [9.17, 15) is 4.79 Å². The van der Waals surface area contributed by atoms with Crippen molar-refractivity contribution in [2.75, 3.05) is 7.11 Å². The summed E-state index contributed by atoms with van der Waals surface area (Å²) in [6.07, 6.45) is 3.93. The first-order valence-corrected chi connectivity index (χ1v) is 4.52. The standard InChI is InChI=1S/C10H9BrO2/c1-13-9-5-4-8(3-2-6-12)10(11)7-9/h2-7H,1H3/b3-2+. The Kier molecular flexibility index (Phi) is 3.71. The van der Waals surface area contributed by atoms with E-state index >= 15 is 0 Å². The van der Waals surface area contributed by atoms with Crippen LogP contribution < -0.4 is 4.74 Å². The maximum Gasteiger partial charge on any atom is 0.142 e. The number of carbonyl (C=O) groups excluding carboxylic acids is 1. The Morgan fingerprint density at radius 3 is 2.77 bits per heavy atom. The van der Waals surface area contributed by atoms with Crippen LogP contribution >= 0.6 is 15.9 Å². The molecule has 0 saturated heterocycles. The van der Waals surface area contributed by atoms with Gasteiger partial charge in [-0.1, -0.05) is 28.1 Å². The zero-order chi connectivity index (χ0) is 9.68. The van der Waals surface area contributed by atoms with Crippen molar-refractivity contribution >= 4 is 28.3 Å². The smallest absolute Gasteiger partial charge is 0.142 e. The minimum absolute atomic E-state index is 0.747. The van der Waals surface area contributed by atoms with Gasteiger partial charge in [0.15, 0.2) is 0 Å². The van der Waals surface area contributed by atoms with Crippen LogP contribution in [-0.2, 0) is 4.79 Å². The second-order valence-corrected chi connectivity index (χ2v) is 3.24. The fraction of sp³-hybridized carbons (Fsp3) is 0.100. The molecule has 0 N–H and O–H groups in total. The highest BCUT2D eigenvalue weighted by molar-refractivity contribution is 9.10. The summed E-state index contributed by atoms with van der Waals surface area (Å²) in [5.74, 6) is 0.787. The van der Waals surface area contributed by atoms with Gasteiger partial charge in [0, 0.05) is 4.47 Å². The van der Waals surface area contributed by atoms with Gasteiger partial charge >= 0.3 is 0 Å². The topological polar surface area (TPSA) is 26.3 Å². The van der Waals surface area contributed by atoms with E-state index in [0.29, 0.717) is 0 Å². The van der Waals surface area contributed by atoms with Crippen LogP contribution in [0, 0.1) is 0 Å². The van der Waals surface area contributed by atoms with Gasteiger partial charge in [-0.05, 0) is 23.8 Å². The van der Waals surface area contributed by atoms with Crippen molar-refractivity contribution in [3.05, 3.63) is 34.3 Å². The highest BCUT2D eigenvalue weighted by Gasteiger charge is 1.97. The van der Waals surface area contributed by atoms with Crippen molar-refractivity contribution in [1.82, 2.24) is 0 Å². The Balaban J connectivity index is 2.98. The van der Waals surface area contributed by atoms with Crippen molar-refractivity contribution in [1.29, 1.82) is 0 Å². The fourth-order valence-electron chi connectivity index (χ4n) is 0.913. The number of carbonyl (C=O) groups is 1. The summed E-state index contributed by atoms with van der Waals surface area (Å²) in [6.45, 7) is 0. The lowest BCUT2D eigenvalue weighted by molar-refractivity contribution is -0.104. The van der Waals surface area contributed by atoms with E-state index < -0.39 is 0 Å². The molecule has 0 fully saturated rings. The Bertz CT molecular complexity index is 332. The number of rotatable bonds is 3. The van der Waals surface area contributed by atoms with Crippen LogP contribution in [0.25, 0.3) is 6.08 Å². The third kappa shape index (κ3) is 2.70. The fourth-order valence-corrected chi connectivity index (χ4v) is 1.40. The summed E-state index contributed by atoms with van der Waals surface area (Å²) >= 11 is 3.37. The van der Waals surface area contributed by atoms with Crippen LogP contribution in [0.1, 0.15) is 5.56 Å². The number of benzene rings is 1. The molecule has 0 amide bonds. The molecule has 1 aromatic carbocycles. The molecular formula is C10H9BrO2. The van der Waals surface area contributed by atoms with Gasteiger partial charge in [-0.15, -0.1) is 0 Å². The van der Waals surface area contributed by atoms with E-state index in [4.69, 9.17) is 4.74 Å². The van der Waals surface area contributed by atoms with Gasteiger partial charge in [-0.3, -0.25) is 4.79 Å². The van der Waals surface area contributed by atoms with Crippen LogP contribution in [0.15, 0.2) is 28.7 Å². The Morgan fingerprint density at radius 2 is 2.23 bits per heavy atom. The second-order valence-electron chi connectivity index (χ2n) is 2.38. The number of ether oxygens (including phenoxy) is 1. The second kappa shape index (κ2) is 4.82. The lowest BCUT2D eigenvalue weighted by atomic mass is 10.2. The van der Waals surface area contributed by atoms with E-state index in [0.717, 1.165) is 22.1 Å². The Labute approximate surface area is 85.3 Å². The first-order chi connectivity index (χ1) is 6.27. The van der Waals surface area contributed by atoms with Crippen LogP contribution in [0.4, 0.5) is 0 Å². The molecule has 0 unspecified atom stereocenters. The minimum Gasteiger partial charge on any atom is -0.497 e. The number of hydrogen-bond donors (Lipinski definition) is 0. The average molecular weight is 241 g/mol. The van der Waals surface area contributed by atoms with Crippen molar-refractivity contribution in [3.8, 4) is 5.75 Å². The van der Waals surface area contributed by atoms with Gasteiger partial charge < -0.3 is 4.74 Å². The monoisotopic (exact) mass is 240 g/mol. The average Bonchev–Trinajstić information content (AvgIpc) is 2.16. The molecule has 0 aliphatic rings. The molecule has 0 spiro atoms. The third-order valence-electron chi connectivity index (χ3n) is 1.56.